The lowest BCUT2D eigenvalue weighted by atomic mass is 9.81. The molecule has 0 aliphatic carbocycles. The van der Waals surface area contributed by atoms with Gasteiger partial charge >= 0.3 is 113 Å². The van der Waals surface area contributed by atoms with Crippen LogP contribution in [0.15, 0.2) is 12.2 Å². The summed E-state index contributed by atoms with van der Waals surface area (Å²) in [5, 5.41) is 0. The van der Waals surface area contributed by atoms with Gasteiger partial charge in [0.05, 0.1) is 0 Å². The van der Waals surface area contributed by atoms with Gasteiger partial charge in [0.1, 0.15) is 0 Å². The fourth-order valence-electron chi connectivity index (χ4n) is 3.47. The lowest BCUT2D eigenvalue weighted by Crippen LogP contribution is -2.81. The Bertz CT molecular complexity index is 1660. The van der Waals surface area contributed by atoms with E-state index in [1.807, 2.05) is 6.58 Å². The van der Waals surface area contributed by atoms with E-state index in [4.69, 9.17) is 0 Å². The summed E-state index contributed by atoms with van der Waals surface area (Å²) in [7, 11) is 0. The van der Waals surface area contributed by atoms with Gasteiger partial charge in [0, 0.05) is 5.57 Å². The van der Waals surface area contributed by atoms with Crippen LogP contribution in [0.25, 0.3) is 0 Å². The Hall–Kier alpha value is -3.38. The smallest absolute Gasteiger partial charge is 0.413 e. The van der Waals surface area contributed by atoms with Crippen molar-refractivity contribution in [2.45, 2.75) is 114 Å². The second-order valence-corrected chi connectivity index (χ2v) is 11.4. The number of carbonyl (C=O) groups excluding carboxylic acids is 1. The number of alkyl halides is 37. The molecule has 0 saturated carbocycles. The highest BCUT2D eigenvalue weighted by atomic mass is 19.4. The van der Waals surface area contributed by atoms with Gasteiger partial charge in [-0.15, -0.1) is 0 Å². The molecule has 0 aromatic carbocycles. The summed E-state index contributed by atoms with van der Waals surface area (Å²) in [6.45, 7) is 1.39. The molecule has 0 N–H and O–H groups in total. The summed E-state index contributed by atoms with van der Waals surface area (Å²) in [5.74, 6) is -163. The molecule has 2 nitrogen and oxygen atoms in total. The van der Waals surface area contributed by atoms with Crippen molar-refractivity contribution in [2.24, 2.45) is 0 Å². The van der Waals surface area contributed by atoms with Gasteiger partial charge in [0.2, 0.25) is 0 Å². The van der Waals surface area contributed by atoms with Gasteiger partial charge in [-0.25, -0.2) is 4.79 Å². The number of rotatable bonds is 17. The molecule has 1 unspecified atom stereocenters. The standard InChI is InChI=1S/C22H5F37O2/c1-3(2)4(60)61-20(53,17(47,48)13(39,40)11(35,36)15(43,44)19(51,52)22(57,58)59)16(45,46)12(37,38)9(31,32)7(27,28)5(23,24)6(25,26)8(29,30)10(33,34)14(41,42)18(49,50)21(54,55)56/h1H2,2H3. The van der Waals surface area contributed by atoms with E-state index in [0.29, 0.717) is 0 Å². The molecule has 0 radical (unpaired) electrons. The molecule has 0 bridgehead atoms. The van der Waals surface area contributed by atoms with Crippen molar-refractivity contribution >= 4 is 5.97 Å². The largest absolute Gasteiger partial charge is 0.460 e. The number of ether oxygens (including phenoxy) is 1. The molecule has 364 valence electrons. The lowest BCUT2D eigenvalue weighted by molar-refractivity contribution is -0.501. The minimum Gasteiger partial charge on any atom is -0.413 e. The lowest BCUT2D eigenvalue weighted by Gasteiger charge is -2.48. The first-order valence-corrected chi connectivity index (χ1v) is 13.0. The Labute approximate surface area is 305 Å². The van der Waals surface area contributed by atoms with Gasteiger partial charge in [-0.1, -0.05) is 6.58 Å². The molecule has 39 heteroatoms. The molecule has 0 amide bonds. The predicted molar refractivity (Wildman–Crippen MR) is 111 cm³/mol. The average Bonchev–Trinajstić information content (AvgIpc) is 3.01. The maximum Gasteiger partial charge on any atom is 0.460 e. The van der Waals surface area contributed by atoms with Crippen LogP contribution < -0.4 is 0 Å². The molecular weight excluding hydrogens is 999 g/mol. The zero-order valence-electron chi connectivity index (χ0n) is 26.5. The zero-order valence-corrected chi connectivity index (χ0v) is 26.5. The maximum atomic E-state index is 15.2. The Morgan fingerprint density at radius 2 is 0.410 bits per heavy atom. The SMILES string of the molecule is C=C(C)C(=O)OC(F)(C(F)(F)C(F)(F)C(F)(F)C(F)(F)C(F)(F)C(F)(F)F)C(F)(F)C(F)(F)C(F)(F)C(F)(F)C(F)(F)C(F)(F)C(F)(F)C(F)(F)C(F)(F)C(F)(F)C(F)(F)F. The van der Waals surface area contributed by atoms with Crippen molar-refractivity contribution in [3.05, 3.63) is 12.2 Å². The minimum absolute atomic E-state index is 0.475. The summed E-state index contributed by atoms with van der Waals surface area (Å²) < 4.78 is 507. The number of halogens is 37. The molecule has 0 rings (SSSR count). The molecule has 0 heterocycles. The summed E-state index contributed by atoms with van der Waals surface area (Å²) in [6.07, 6.45) is -17.0. The van der Waals surface area contributed by atoms with Crippen LogP contribution in [0.2, 0.25) is 0 Å². The van der Waals surface area contributed by atoms with Crippen LogP contribution in [-0.2, 0) is 9.53 Å². The predicted octanol–water partition coefficient (Wildman–Crippen LogP) is 12.4. The van der Waals surface area contributed by atoms with Gasteiger partial charge in [-0.3, -0.25) is 0 Å². The van der Waals surface area contributed by atoms with Crippen LogP contribution in [0.4, 0.5) is 162 Å². The molecule has 0 aliphatic rings. The quantitative estimate of drug-likeness (QED) is 0.0825. The Kier molecular flexibility index (Phi) is 13.3. The van der Waals surface area contributed by atoms with E-state index in [0.717, 1.165) is 0 Å². The normalized spacial score (nSPS) is 17.6. The maximum absolute atomic E-state index is 15.2. The van der Waals surface area contributed by atoms with Gasteiger partial charge in [0.15, 0.2) is 0 Å². The van der Waals surface area contributed by atoms with Gasteiger partial charge < -0.3 is 4.74 Å². The molecule has 0 saturated heterocycles. The van der Waals surface area contributed by atoms with Gasteiger partial charge in [0.25, 0.3) is 0 Å². The fraction of sp³-hybridized carbons (Fsp3) is 0.864. The average molecular weight is 1000 g/mol. The van der Waals surface area contributed by atoms with Crippen LogP contribution in [0.5, 0.6) is 0 Å². The summed E-state index contributed by atoms with van der Waals surface area (Å²) in [4.78, 5) is 11.4. The Morgan fingerprint density at radius 1 is 0.279 bits per heavy atom. The number of esters is 1. The number of hydrogen-bond acceptors (Lipinski definition) is 2. The van der Waals surface area contributed by atoms with Crippen molar-refractivity contribution in [3.63, 3.8) is 0 Å². The molecule has 0 fully saturated rings. The van der Waals surface area contributed by atoms with Crippen LogP contribution in [0, 0.1) is 0 Å². The van der Waals surface area contributed by atoms with Crippen LogP contribution in [0.3, 0.4) is 0 Å². The van der Waals surface area contributed by atoms with Crippen molar-refractivity contribution in [1.82, 2.24) is 0 Å². The van der Waals surface area contributed by atoms with Crippen molar-refractivity contribution in [3.8, 4) is 0 Å². The van der Waals surface area contributed by atoms with Crippen molar-refractivity contribution in [1.29, 1.82) is 0 Å². The van der Waals surface area contributed by atoms with E-state index in [9.17, 15) is 163 Å². The first kappa shape index (κ1) is 57.6. The van der Waals surface area contributed by atoms with E-state index in [1.165, 1.54) is 0 Å². The Morgan fingerprint density at radius 3 is 0.541 bits per heavy atom. The van der Waals surface area contributed by atoms with E-state index in [-0.39, 0.29) is 0 Å². The molecule has 61 heavy (non-hydrogen) atoms. The molecule has 1 atom stereocenters. The van der Waals surface area contributed by atoms with Gasteiger partial charge in [-0.2, -0.15) is 162 Å². The number of hydrogen-bond donors (Lipinski definition) is 0. The van der Waals surface area contributed by atoms with Crippen LogP contribution in [0.1, 0.15) is 6.92 Å². The zero-order chi connectivity index (χ0) is 50.9. The van der Waals surface area contributed by atoms with Crippen molar-refractivity contribution in [2.75, 3.05) is 0 Å². The van der Waals surface area contributed by atoms with E-state index >= 15 is 4.39 Å². The second kappa shape index (κ2) is 14.1. The molecular formula is C22H5F37O2. The van der Waals surface area contributed by atoms with E-state index in [1.54, 1.807) is 4.74 Å². The fourth-order valence-corrected chi connectivity index (χ4v) is 3.47. The molecule has 0 aliphatic heterocycles. The molecule has 0 aromatic rings. The third-order valence-corrected chi connectivity index (χ3v) is 7.23. The third kappa shape index (κ3) is 6.71. The summed E-state index contributed by atoms with van der Waals surface area (Å²) in [5.41, 5.74) is -2.46. The Balaban J connectivity index is 8.44. The summed E-state index contributed by atoms with van der Waals surface area (Å²) in [6, 6.07) is 0. The van der Waals surface area contributed by atoms with E-state index in [2.05, 4.69) is 0 Å². The first-order valence-electron chi connectivity index (χ1n) is 13.0. The highest BCUT2D eigenvalue weighted by Gasteiger charge is 3.03. The molecule has 0 aromatic heterocycles. The van der Waals surface area contributed by atoms with Crippen molar-refractivity contribution < 1.29 is 172 Å². The third-order valence-electron chi connectivity index (χ3n) is 7.23. The monoisotopic (exact) mass is 1000 g/mol. The highest BCUT2D eigenvalue weighted by molar-refractivity contribution is 5.87. The summed E-state index contributed by atoms with van der Waals surface area (Å²) >= 11 is 0. The first-order chi connectivity index (χ1) is 25.6. The molecule has 0 spiro atoms. The van der Waals surface area contributed by atoms with Crippen LogP contribution in [-0.4, -0.2) is 113 Å². The second-order valence-electron chi connectivity index (χ2n) is 11.4. The van der Waals surface area contributed by atoms with Crippen LogP contribution >= 0.6 is 0 Å². The minimum atomic E-state index is -10.5. The van der Waals surface area contributed by atoms with Gasteiger partial charge in [-0.05, 0) is 6.92 Å². The topological polar surface area (TPSA) is 26.3 Å². The highest BCUT2D eigenvalue weighted by Crippen LogP contribution is 2.70. The van der Waals surface area contributed by atoms with E-state index < -0.39 is 126 Å². The number of carbonyl (C=O) groups is 1.